The van der Waals surface area contributed by atoms with Crippen molar-refractivity contribution < 1.29 is 9.53 Å². The molecule has 2 rings (SSSR count). The van der Waals surface area contributed by atoms with Crippen molar-refractivity contribution in [2.24, 2.45) is 0 Å². The number of hydrogen-bond donors (Lipinski definition) is 1. The fraction of sp³-hybridized carbons (Fsp3) is 0.562. The smallest absolute Gasteiger partial charge is 0.239 e. The number of carbonyl (C=O) groups is 1. The maximum atomic E-state index is 12.2. The van der Waals surface area contributed by atoms with E-state index in [9.17, 15) is 4.79 Å². The van der Waals surface area contributed by atoms with Crippen LogP contribution in [0.15, 0.2) is 24.3 Å². The van der Waals surface area contributed by atoms with E-state index in [-0.39, 0.29) is 11.9 Å². The highest BCUT2D eigenvalue weighted by molar-refractivity contribution is 5.81. The topological polar surface area (TPSA) is 41.6 Å². The van der Waals surface area contributed by atoms with Gasteiger partial charge in [-0.2, -0.15) is 0 Å². The fourth-order valence-corrected chi connectivity index (χ4v) is 2.31. The van der Waals surface area contributed by atoms with Crippen LogP contribution in [0.3, 0.4) is 0 Å². The van der Waals surface area contributed by atoms with Gasteiger partial charge in [-0.25, -0.2) is 0 Å². The minimum absolute atomic E-state index is 0.154. The molecule has 4 nitrogen and oxygen atoms in total. The maximum Gasteiger partial charge on any atom is 0.239 e. The first-order valence-corrected chi connectivity index (χ1v) is 7.38. The largest absolute Gasteiger partial charge is 0.378 e. The Labute approximate surface area is 121 Å². The van der Waals surface area contributed by atoms with Crippen LogP contribution in [0.1, 0.15) is 25.0 Å². The van der Waals surface area contributed by atoms with Crippen molar-refractivity contribution in [1.82, 2.24) is 10.2 Å². The molecule has 0 aliphatic carbocycles. The number of rotatable bonds is 5. The standard InChI is InChI=1S/C16H24N2O2/c1-3-14-4-6-15(7-5-14)12-17-13(2)16(19)18-8-10-20-11-9-18/h4-7,13,17H,3,8-12H2,1-2H3. The lowest BCUT2D eigenvalue weighted by Gasteiger charge is -2.29. The predicted molar refractivity (Wildman–Crippen MR) is 79.5 cm³/mol. The van der Waals surface area contributed by atoms with Crippen LogP contribution in [0, 0.1) is 0 Å². The molecule has 1 aliphatic heterocycles. The highest BCUT2D eigenvalue weighted by atomic mass is 16.5. The number of aryl methyl sites for hydroxylation is 1. The van der Waals surface area contributed by atoms with Crippen molar-refractivity contribution in [2.45, 2.75) is 32.9 Å². The van der Waals surface area contributed by atoms with E-state index in [0.29, 0.717) is 26.3 Å². The SMILES string of the molecule is CCc1ccc(CNC(C)C(=O)N2CCOCC2)cc1. The second-order valence-corrected chi connectivity index (χ2v) is 5.21. The summed E-state index contributed by atoms with van der Waals surface area (Å²) >= 11 is 0. The Morgan fingerprint density at radius 1 is 1.25 bits per heavy atom. The molecular weight excluding hydrogens is 252 g/mol. The van der Waals surface area contributed by atoms with E-state index < -0.39 is 0 Å². The van der Waals surface area contributed by atoms with Crippen LogP contribution in [-0.2, 0) is 22.5 Å². The van der Waals surface area contributed by atoms with Gasteiger partial charge in [0.25, 0.3) is 0 Å². The second kappa shape index (κ2) is 7.41. The van der Waals surface area contributed by atoms with Gasteiger partial charge in [0.1, 0.15) is 0 Å². The Kier molecular flexibility index (Phi) is 5.56. The molecule has 20 heavy (non-hydrogen) atoms. The molecule has 4 heteroatoms. The minimum Gasteiger partial charge on any atom is -0.378 e. The van der Waals surface area contributed by atoms with Crippen LogP contribution in [0.5, 0.6) is 0 Å². The summed E-state index contributed by atoms with van der Waals surface area (Å²) in [5, 5.41) is 3.30. The fourth-order valence-electron chi connectivity index (χ4n) is 2.31. The van der Waals surface area contributed by atoms with Gasteiger partial charge in [-0.05, 0) is 24.5 Å². The van der Waals surface area contributed by atoms with Gasteiger partial charge < -0.3 is 15.0 Å². The number of nitrogens with zero attached hydrogens (tertiary/aromatic N) is 1. The summed E-state index contributed by atoms with van der Waals surface area (Å²) in [5.41, 5.74) is 2.55. The molecule has 1 atom stereocenters. The molecule has 1 fully saturated rings. The van der Waals surface area contributed by atoms with Gasteiger partial charge in [0, 0.05) is 19.6 Å². The third-order valence-electron chi connectivity index (χ3n) is 3.74. The van der Waals surface area contributed by atoms with Gasteiger partial charge >= 0.3 is 0 Å². The summed E-state index contributed by atoms with van der Waals surface area (Å²) < 4.78 is 5.27. The summed E-state index contributed by atoms with van der Waals surface area (Å²) in [6.45, 7) is 7.51. The van der Waals surface area contributed by atoms with Gasteiger partial charge in [-0.15, -0.1) is 0 Å². The molecule has 1 amide bonds. The normalized spacial score (nSPS) is 17.0. The van der Waals surface area contributed by atoms with Crippen LogP contribution in [-0.4, -0.2) is 43.2 Å². The maximum absolute atomic E-state index is 12.2. The summed E-state index contributed by atoms with van der Waals surface area (Å²) in [7, 11) is 0. The molecule has 1 N–H and O–H groups in total. The lowest BCUT2D eigenvalue weighted by Crippen LogP contribution is -2.49. The number of carbonyl (C=O) groups excluding carboxylic acids is 1. The Hall–Kier alpha value is -1.39. The average Bonchev–Trinajstić information content (AvgIpc) is 2.53. The molecule has 1 aromatic rings. The molecule has 1 aliphatic rings. The van der Waals surface area contributed by atoms with E-state index in [2.05, 4.69) is 36.5 Å². The van der Waals surface area contributed by atoms with Gasteiger partial charge in [0.2, 0.25) is 5.91 Å². The summed E-state index contributed by atoms with van der Waals surface area (Å²) in [6.07, 6.45) is 1.06. The van der Waals surface area contributed by atoms with Gasteiger partial charge in [-0.3, -0.25) is 4.79 Å². The zero-order valence-corrected chi connectivity index (χ0v) is 12.4. The number of amides is 1. The number of nitrogens with one attached hydrogen (secondary N) is 1. The number of ether oxygens (including phenoxy) is 1. The highest BCUT2D eigenvalue weighted by Crippen LogP contribution is 2.06. The van der Waals surface area contributed by atoms with E-state index in [4.69, 9.17) is 4.74 Å². The monoisotopic (exact) mass is 276 g/mol. The van der Waals surface area contributed by atoms with Crippen LogP contribution < -0.4 is 5.32 Å². The van der Waals surface area contributed by atoms with Crippen LogP contribution in [0.4, 0.5) is 0 Å². The van der Waals surface area contributed by atoms with Crippen molar-refractivity contribution >= 4 is 5.91 Å². The second-order valence-electron chi connectivity index (χ2n) is 5.21. The number of hydrogen-bond acceptors (Lipinski definition) is 3. The van der Waals surface area contributed by atoms with E-state index in [1.807, 2.05) is 11.8 Å². The van der Waals surface area contributed by atoms with Crippen molar-refractivity contribution in [3.05, 3.63) is 35.4 Å². The molecule has 1 saturated heterocycles. The first-order valence-electron chi connectivity index (χ1n) is 7.38. The highest BCUT2D eigenvalue weighted by Gasteiger charge is 2.21. The molecule has 0 radical (unpaired) electrons. The van der Waals surface area contributed by atoms with Crippen molar-refractivity contribution in [3.63, 3.8) is 0 Å². The number of benzene rings is 1. The third kappa shape index (κ3) is 4.05. The third-order valence-corrected chi connectivity index (χ3v) is 3.74. The molecular formula is C16H24N2O2. The van der Waals surface area contributed by atoms with E-state index in [1.165, 1.54) is 11.1 Å². The molecule has 0 spiro atoms. The predicted octanol–water partition coefficient (Wildman–Crippen LogP) is 1.59. The quantitative estimate of drug-likeness (QED) is 0.888. The van der Waals surface area contributed by atoms with Crippen molar-refractivity contribution in [3.8, 4) is 0 Å². The average molecular weight is 276 g/mol. The Morgan fingerprint density at radius 2 is 1.85 bits per heavy atom. The Balaban J connectivity index is 1.81. The first kappa shape index (κ1) is 15.0. The molecule has 1 aromatic carbocycles. The van der Waals surface area contributed by atoms with E-state index >= 15 is 0 Å². The van der Waals surface area contributed by atoms with Gasteiger partial charge in [0.15, 0.2) is 0 Å². The molecule has 0 saturated carbocycles. The first-order chi connectivity index (χ1) is 9.70. The minimum atomic E-state index is -0.154. The molecule has 1 heterocycles. The van der Waals surface area contributed by atoms with Crippen molar-refractivity contribution in [1.29, 1.82) is 0 Å². The summed E-state index contributed by atoms with van der Waals surface area (Å²) in [4.78, 5) is 14.1. The van der Waals surface area contributed by atoms with Gasteiger partial charge in [0.05, 0.1) is 19.3 Å². The Morgan fingerprint density at radius 3 is 2.45 bits per heavy atom. The van der Waals surface area contributed by atoms with Crippen LogP contribution >= 0.6 is 0 Å². The molecule has 0 aromatic heterocycles. The molecule has 0 bridgehead atoms. The number of morpholine rings is 1. The molecule has 110 valence electrons. The summed E-state index contributed by atoms with van der Waals surface area (Å²) in [6, 6.07) is 8.38. The zero-order valence-electron chi connectivity index (χ0n) is 12.4. The van der Waals surface area contributed by atoms with Crippen LogP contribution in [0.25, 0.3) is 0 Å². The Bertz CT molecular complexity index is 425. The van der Waals surface area contributed by atoms with Crippen LogP contribution in [0.2, 0.25) is 0 Å². The van der Waals surface area contributed by atoms with Crippen molar-refractivity contribution in [2.75, 3.05) is 26.3 Å². The zero-order chi connectivity index (χ0) is 14.4. The lowest BCUT2D eigenvalue weighted by atomic mass is 10.1. The lowest BCUT2D eigenvalue weighted by molar-refractivity contribution is -0.137. The van der Waals surface area contributed by atoms with E-state index in [0.717, 1.165) is 13.0 Å². The van der Waals surface area contributed by atoms with Gasteiger partial charge in [-0.1, -0.05) is 31.2 Å². The molecule has 1 unspecified atom stereocenters. The van der Waals surface area contributed by atoms with E-state index in [1.54, 1.807) is 0 Å². The summed E-state index contributed by atoms with van der Waals surface area (Å²) in [5.74, 6) is 0.165.